The Morgan fingerprint density at radius 2 is 1.90 bits per heavy atom. The number of aliphatic hydroxyl groups excluding tert-OH is 1. The molecule has 1 aliphatic rings. The second-order valence-corrected chi connectivity index (χ2v) is 4.90. The monoisotopic (exact) mass is 287 g/mol. The molecule has 0 aliphatic carbocycles. The van der Waals surface area contributed by atoms with Crippen LogP contribution < -0.4 is 0 Å². The first-order chi connectivity index (χ1) is 9.54. The molecule has 1 aromatic carbocycles. The number of hydrogen-bond donors (Lipinski definition) is 1. The molecule has 1 N–H and O–H groups in total. The fourth-order valence-electron chi connectivity index (χ4n) is 2.61. The van der Waals surface area contributed by atoms with Gasteiger partial charge in [0.1, 0.15) is 23.0 Å². The molecule has 0 spiro atoms. The van der Waals surface area contributed by atoms with E-state index in [4.69, 9.17) is 5.11 Å². The molecular formula is C14H16F3NO2. The lowest BCUT2D eigenvalue weighted by atomic mass is 9.98. The number of piperidine rings is 1. The molecule has 1 aliphatic heterocycles. The third kappa shape index (κ3) is 2.95. The maximum absolute atomic E-state index is 13.7. The molecule has 0 radical (unpaired) electrons. The molecule has 6 heteroatoms. The van der Waals surface area contributed by atoms with Crippen molar-refractivity contribution in [3.63, 3.8) is 0 Å². The molecule has 1 aromatic rings. The van der Waals surface area contributed by atoms with Crippen LogP contribution in [-0.4, -0.2) is 35.1 Å². The molecule has 110 valence electrons. The zero-order valence-electron chi connectivity index (χ0n) is 10.9. The van der Waals surface area contributed by atoms with Gasteiger partial charge in [-0.15, -0.1) is 0 Å². The lowest BCUT2D eigenvalue weighted by Gasteiger charge is -2.35. The molecule has 2 rings (SSSR count). The number of nitrogens with zero attached hydrogens (tertiary/aromatic N) is 1. The summed E-state index contributed by atoms with van der Waals surface area (Å²) in [6.07, 6.45) is 2.72. The van der Waals surface area contributed by atoms with Gasteiger partial charge in [0.2, 0.25) is 0 Å². The van der Waals surface area contributed by atoms with Crippen LogP contribution in [-0.2, 0) is 0 Å². The zero-order valence-corrected chi connectivity index (χ0v) is 10.9. The third-order valence-corrected chi connectivity index (χ3v) is 3.57. The SMILES string of the molecule is O=C(c1c(F)cc(F)cc1F)N1CCCCC1CCO. The molecule has 3 nitrogen and oxygen atoms in total. The van der Waals surface area contributed by atoms with E-state index in [1.807, 2.05) is 0 Å². The molecule has 0 bridgehead atoms. The van der Waals surface area contributed by atoms with Gasteiger partial charge in [-0.1, -0.05) is 0 Å². The molecule has 1 fully saturated rings. The summed E-state index contributed by atoms with van der Waals surface area (Å²) in [5.41, 5.74) is -0.726. The largest absolute Gasteiger partial charge is 0.396 e. The van der Waals surface area contributed by atoms with E-state index in [1.54, 1.807) is 0 Å². The molecule has 1 amide bonds. The van der Waals surface area contributed by atoms with E-state index < -0.39 is 28.9 Å². The Morgan fingerprint density at radius 3 is 2.50 bits per heavy atom. The maximum Gasteiger partial charge on any atom is 0.260 e. The number of carbonyl (C=O) groups is 1. The molecule has 0 aromatic heterocycles. The van der Waals surface area contributed by atoms with Crippen molar-refractivity contribution in [1.82, 2.24) is 4.90 Å². The normalized spacial score (nSPS) is 19.2. The second kappa shape index (κ2) is 6.26. The first-order valence-electron chi connectivity index (χ1n) is 6.61. The number of halogens is 3. The van der Waals surface area contributed by atoms with Crippen LogP contribution in [0.2, 0.25) is 0 Å². The van der Waals surface area contributed by atoms with Gasteiger partial charge >= 0.3 is 0 Å². The minimum absolute atomic E-state index is 0.0944. The summed E-state index contributed by atoms with van der Waals surface area (Å²) >= 11 is 0. The quantitative estimate of drug-likeness (QED) is 0.928. The van der Waals surface area contributed by atoms with Gasteiger partial charge in [0.15, 0.2) is 0 Å². The lowest BCUT2D eigenvalue weighted by Crippen LogP contribution is -2.44. The number of hydrogen-bond acceptors (Lipinski definition) is 2. The van der Waals surface area contributed by atoms with Gasteiger partial charge in [0.05, 0.1) is 0 Å². The van der Waals surface area contributed by atoms with E-state index in [9.17, 15) is 18.0 Å². The predicted molar refractivity (Wildman–Crippen MR) is 66.7 cm³/mol. The van der Waals surface area contributed by atoms with Gasteiger partial charge < -0.3 is 10.0 Å². The van der Waals surface area contributed by atoms with E-state index in [-0.39, 0.29) is 12.6 Å². The summed E-state index contributed by atoms with van der Waals surface area (Å²) in [4.78, 5) is 13.7. The molecule has 0 saturated carbocycles. The maximum atomic E-state index is 13.7. The van der Waals surface area contributed by atoms with E-state index >= 15 is 0 Å². The first kappa shape index (κ1) is 14.8. The van der Waals surface area contributed by atoms with Crippen LogP contribution in [0.5, 0.6) is 0 Å². The highest BCUT2D eigenvalue weighted by molar-refractivity contribution is 5.95. The second-order valence-electron chi connectivity index (χ2n) is 4.90. The van der Waals surface area contributed by atoms with Crippen LogP contribution in [0.3, 0.4) is 0 Å². The topological polar surface area (TPSA) is 40.5 Å². The van der Waals surface area contributed by atoms with Crippen LogP contribution in [0, 0.1) is 17.5 Å². The smallest absolute Gasteiger partial charge is 0.260 e. The van der Waals surface area contributed by atoms with Crippen LogP contribution in [0.4, 0.5) is 13.2 Å². The van der Waals surface area contributed by atoms with Crippen molar-refractivity contribution in [3.05, 3.63) is 35.1 Å². The zero-order chi connectivity index (χ0) is 14.7. The van der Waals surface area contributed by atoms with E-state index in [1.165, 1.54) is 4.90 Å². The summed E-state index contributed by atoms with van der Waals surface area (Å²) in [6, 6.07) is 0.771. The van der Waals surface area contributed by atoms with Crippen molar-refractivity contribution in [1.29, 1.82) is 0 Å². The molecule has 1 heterocycles. The number of aliphatic hydroxyl groups is 1. The summed E-state index contributed by atoms with van der Waals surface area (Å²) in [5.74, 6) is -4.22. The molecule has 1 unspecified atom stereocenters. The fraction of sp³-hybridized carbons (Fsp3) is 0.500. The Kier molecular flexibility index (Phi) is 4.65. The van der Waals surface area contributed by atoms with Crippen LogP contribution >= 0.6 is 0 Å². The minimum atomic E-state index is -1.19. The van der Waals surface area contributed by atoms with Gasteiger partial charge in [-0.05, 0) is 25.7 Å². The standard InChI is InChI=1S/C14H16F3NO2/c15-9-7-11(16)13(12(17)8-9)14(20)18-5-2-1-3-10(18)4-6-19/h7-8,10,19H,1-6H2. The summed E-state index contributed by atoms with van der Waals surface area (Å²) < 4.78 is 40.2. The Labute approximate surface area is 115 Å². The lowest BCUT2D eigenvalue weighted by molar-refractivity contribution is 0.0565. The molecule has 1 atom stereocenters. The summed E-state index contributed by atoms with van der Waals surface area (Å²) in [5, 5.41) is 9.00. The van der Waals surface area contributed by atoms with Crippen LogP contribution in [0.1, 0.15) is 36.0 Å². The van der Waals surface area contributed by atoms with E-state index in [2.05, 4.69) is 0 Å². The average molecular weight is 287 g/mol. The van der Waals surface area contributed by atoms with Gasteiger partial charge in [0, 0.05) is 31.3 Å². The number of rotatable bonds is 3. The highest BCUT2D eigenvalue weighted by atomic mass is 19.1. The third-order valence-electron chi connectivity index (χ3n) is 3.57. The highest BCUT2D eigenvalue weighted by Crippen LogP contribution is 2.24. The number of amides is 1. The van der Waals surface area contributed by atoms with Gasteiger partial charge in [-0.3, -0.25) is 4.79 Å². The van der Waals surface area contributed by atoms with Gasteiger partial charge in [0.25, 0.3) is 5.91 Å². The van der Waals surface area contributed by atoms with Gasteiger partial charge in [-0.2, -0.15) is 0 Å². The highest BCUT2D eigenvalue weighted by Gasteiger charge is 2.30. The predicted octanol–water partition coefficient (Wildman–Crippen LogP) is 2.48. The van der Waals surface area contributed by atoms with Crippen molar-refractivity contribution >= 4 is 5.91 Å². The summed E-state index contributed by atoms with van der Waals surface area (Å²) in [7, 11) is 0. The molecule has 1 saturated heterocycles. The minimum Gasteiger partial charge on any atom is -0.396 e. The van der Waals surface area contributed by atoms with E-state index in [0.29, 0.717) is 31.5 Å². The number of likely N-dealkylation sites (tertiary alicyclic amines) is 1. The Hall–Kier alpha value is -1.56. The fourth-order valence-corrected chi connectivity index (χ4v) is 2.61. The van der Waals surface area contributed by atoms with Crippen LogP contribution in [0.25, 0.3) is 0 Å². The van der Waals surface area contributed by atoms with Crippen molar-refractivity contribution in [3.8, 4) is 0 Å². The van der Waals surface area contributed by atoms with Crippen molar-refractivity contribution in [2.45, 2.75) is 31.7 Å². The number of benzene rings is 1. The van der Waals surface area contributed by atoms with Crippen molar-refractivity contribution < 1.29 is 23.1 Å². The van der Waals surface area contributed by atoms with Gasteiger partial charge in [-0.25, -0.2) is 13.2 Å². The Bertz CT molecular complexity index is 482. The Morgan fingerprint density at radius 1 is 1.25 bits per heavy atom. The summed E-state index contributed by atoms with van der Waals surface area (Å²) in [6.45, 7) is 0.294. The average Bonchev–Trinajstić information content (AvgIpc) is 2.38. The molecular weight excluding hydrogens is 271 g/mol. The number of carbonyl (C=O) groups excluding carboxylic acids is 1. The van der Waals surface area contributed by atoms with Crippen LogP contribution in [0.15, 0.2) is 12.1 Å². The van der Waals surface area contributed by atoms with Crippen molar-refractivity contribution in [2.24, 2.45) is 0 Å². The van der Waals surface area contributed by atoms with E-state index in [0.717, 1.165) is 12.8 Å². The first-order valence-corrected chi connectivity index (χ1v) is 6.61. The molecule has 20 heavy (non-hydrogen) atoms. The van der Waals surface area contributed by atoms with Crippen molar-refractivity contribution in [2.75, 3.05) is 13.2 Å². The Balaban J connectivity index is 2.30.